The molecule has 9 heteroatoms. The van der Waals surface area contributed by atoms with Crippen molar-refractivity contribution in [1.29, 1.82) is 0 Å². The Hall–Kier alpha value is -2.94. The number of nitrogens with zero attached hydrogens (tertiary/aromatic N) is 1. The standard InChI is InChI=1S/C25H26F4N2O3/c1-16-9-11-24(12-10-16)31(23(33)19-7-2-3-8-20(19)26)21(15-34-24)22(32)30-14-17-5-4-6-18(13-17)25(27,28)29/h2-8,13,16,21H,9-12,14-15H2,1H3,(H,30,32)/t16?,21-,24?/m0/s1. The van der Waals surface area contributed by atoms with Gasteiger partial charge in [0.05, 0.1) is 17.7 Å². The van der Waals surface area contributed by atoms with Crippen molar-refractivity contribution < 1.29 is 31.9 Å². The number of carbonyl (C=O) groups excluding carboxylic acids is 2. The van der Waals surface area contributed by atoms with E-state index in [-0.39, 0.29) is 24.3 Å². The van der Waals surface area contributed by atoms with Crippen LogP contribution in [-0.4, -0.2) is 35.1 Å². The number of carbonyl (C=O) groups is 2. The van der Waals surface area contributed by atoms with Crippen LogP contribution in [0.4, 0.5) is 17.6 Å². The third kappa shape index (κ3) is 4.80. The third-order valence-corrected chi connectivity index (χ3v) is 6.66. The van der Waals surface area contributed by atoms with Gasteiger partial charge >= 0.3 is 6.18 Å². The molecule has 182 valence electrons. The first-order chi connectivity index (χ1) is 16.1. The maximum absolute atomic E-state index is 14.5. The van der Waals surface area contributed by atoms with Crippen molar-refractivity contribution in [2.45, 2.75) is 57.1 Å². The second-order valence-corrected chi connectivity index (χ2v) is 9.03. The number of benzene rings is 2. The van der Waals surface area contributed by atoms with Gasteiger partial charge in [0.2, 0.25) is 5.91 Å². The summed E-state index contributed by atoms with van der Waals surface area (Å²) in [7, 11) is 0. The highest BCUT2D eigenvalue weighted by molar-refractivity contribution is 5.98. The van der Waals surface area contributed by atoms with Crippen molar-refractivity contribution in [3.63, 3.8) is 0 Å². The summed E-state index contributed by atoms with van der Waals surface area (Å²) in [6, 6.07) is 9.23. The second kappa shape index (κ2) is 9.37. The minimum Gasteiger partial charge on any atom is -0.353 e. The van der Waals surface area contributed by atoms with Gasteiger partial charge in [0.1, 0.15) is 17.6 Å². The Labute approximate surface area is 195 Å². The summed E-state index contributed by atoms with van der Waals surface area (Å²) in [4.78, 5) is 27.9. The minimum atomic E-state index is -4.49. The lowest BCUT2D eigenvalue weighted by Crippen LogP contribution is -2.56. The topological polar surface area (TPSA) is 58.6 Å². The van der Waals surface area contributed by atoms with Gasteiger partial charge < -0.3 is 10.1 Å². The molecule has 1 N–H and O–H groups in total. The highest BCUT2D eigenvalue weighted by Crippen LogP contribution is 2.43. The minimum absolute atomic E-state index is 0.0665. The van der Waals surface area contributed by atoms with Gasteiger partial charge in [-0.25, -0.2) is 4.39 Å². The lowest BCUT2D eigenvalue weighted by atomic mass is 9.83. The Bertz CT molecular complexity index is 1060. The van der Waals surface area contributed by atoms with E-state index in [2.05, 4.69) is 12.2 Å². The summed E-state index contributed by atoms with van der Waals surface area (Å²) in [6.07, 6.45) is -1.87. The van der Waals surface area contributed by atoms with Crippen LogP contribution in [0.1, 0.15) is 54.1 Å². The average Bonchev–Trinajstić information content (AvgIpc) is 3.18. The fourth-order valence-corrected chi connectivity index (χ4v) is 4.71. The molecular weight excluding hydrogens is 452 g/mol. The summed E-state index contributed by atoms with van der Waals surface area (Å²) < 4.78 is 59.5. The molecule has 2 fully saturated rings. The lowest BCUT2D eigenvalue weighted by molar-refractivity contribution is -0.137. The molecule has 2 aromatic carbocycles. The van der Waals surface area contributed by atoms with Crippen LogP contribution in [0.25, 0.3) is 0 Å². The smallest absolute Gasteiger partial charge is 0.353 e. The van der Waals surface area contributed by atoms with Crippen LogP contribution >= 0.6 is 0 Å². The van der Waals surface area contributed by atoms with E-state index in [1.807, 2.05) is 0 Å². The molecule has 2 aromatic rings. The van der Waals surface area contributed by atoms with E-state index in [1.54, 1.807) is 6.07 Å². The van der Waals surface area contributed by atoms with Crippen LogP contribution < -0.4 is 5.32 Å². The van der Waals surface area contributed by atoms with E-state index >= 15 is 0 Å². The van der Waals surface area contributed by atoms with Crippen molar-refractivity contribution in [3.05, 3.63) is 71.0 Å². The van der Waals surface area contributed by atoms with Crippen LogP contribution in [0.2, 0.25) is 0 Å². The Balaban J connectivity index is 1.56. The molecule has 0 aromatic heterocycles. The van der Waals surface area contributed by atoms with Crippen molar-refractivity contribution in [3.8, 4) is 0 Å². The molecule has 0 bridgehead atoms. The molecule has 1 aliphatic carbocycles. The summed E-state index contributed by atoms with van der Waals surface area (Å²) in [5.41, 5.74) is -1.70. The van der Waals surface area contributed by atoms with E-state index < -0.39 is 41.1 Å². The highest BCUT2D eigenvalue weighted by atomic mass is 19.4. The molecule has 34 heavy (non-hydrogen) atoms. The highest BCUT2D eigenvalue weighted by Gasteiger charge is 2.53. The largest absolute Gasteiger partial charge is 0.416 e. The summed E-state index contributed by atoms with van der Waals surface area (Å²) in [5.74, 6) is -1.45. The second-order valence-electron chi connectivity index (χ2n) is 9.03. The number of hydrogen-bond donors (Lipinski definition) is 1. The average molecular weight is 478 g/mol. The lowest BCUT2D eigenvalue weighted by Gasteiger charge is -2.43. The van der Waals surface area contributed by atoms with Gasteiger partial charge in [-0.2, -0.15) is 13.2 Å². The van der Waals surface area contributed by atoms with Crippen molar-refractivity contribution in [2.24, 2.45) is 5.92 Å². The van der Waals surface area contributed by atoms with E-state index in [0.717, 1.165) is 25.0 Å². The monoisotopic (exact) mass is 478 g/mol. The van der Waals surface area contributed by atoms with E-state index in [9.17, 15) is 27.2 Å². The van der Waals surface area contributed by atoms with E-state index in [4.69, 9.17) is 4.74 Å². The van der Waals surface area contributed by atoms with Gasteiger partial charge in [-0.05, 0) is 61.4 Å². The van der Waals surface area contributed by atoms with Crippen molar-refractivity contribution >= 4 is 11.8 Å². The number of ether oxygens (including phenoxy) is 1. The molecule has 0 unspecified atom stereocenters. The molecule has 1 spiro atoms. The molecule has 5 nitrogen and oxygen atoms in total. The van der Waals surface area contributed by atoms with E-state index in [1.165, 1.54) is 35.2 Å². The summed E-state index contributed by atoms with van der Waals surface area (Å²) in [6.45, 7) is 1.89. The SMILES string of the molecule is CC1CCC2(CC1)OC[C@@H](C(=O)NCc1cccc(C(F)(F)F)c1)N2C(=O)c1ccccc1F. The predicted molar refractivity (Wildman–Crippen MR) is 116 cm³/mol. The van der Waals surface area contributed by atoms with Crippen LogP contribution in [0, 0.1) is 11.7 Å². The first-order valence-electron chi connectivity index (χ1n) is 11.3. The van der Waals surface area contributed by atoms with Gasteiger partial charge in [0.15, 0.2) is 0 Å². The molecule has 1 atom stereocenters. The zero-order valence-corrected chi connectivity index (χ0v) is 18.7. The molecule has 2 amide bonds. The van der Waals surface area contributed by atoms with Crippen molar-refractivity contribution in [1.82, 2.24) is 10.2 Å². The fourth-order valence-electron chi connectivity index (χ4n) is 4.71. The number of alkyl halides is 3. The first-order valence-corrected chi connectivity index (χ1v) is 11.3. The van der Waals surface area contributed by atoms with Crippen molar-refractivity contribution in [2.75, 3.05) is 6.61 Å². The van der Waals surface area contributed by atoms with Gasteiger partial charge in [-0.15, -0.1) is 0 Å². The van der Waals surface area contributed by atoms with Crippen LogP contribution in [0.5, 0.6) is 0 Å². The number of halogens is 4. The maximum Gasteiger partial charge on any atom is 0.416 e. The van der Waals surface area contributed by atoms with Gasteiger partial charge in [0, 0.05) is 6.54 Å². The van der Waals surface area contributed by atoms with Crippen LogP contribution in [0.3, 0.4) is 0 Å². The van der Waals surface area contributed by atoms with Gasteiger partial charge in [-0.3, -0.25) is 14.5 Å². The number of hydrogen-bond acceptors (Lipinski definition) is 3. The molecule has 1 saturated carbocycles. The molecule has 1 aliphatic heterocycles. The quantitative estimate of drug-likeness (QED) is 0.636. The maximum atomic E-state index is 14.5. The molecular formula is C25H26F4N2O3. The molecule has 2 aliphatic rings. The Morgan fingerprint density at radius 1 is 1.12 bits per heavy atom. The third-order valence-electron chi connectivity index (χ3n) is 6.66. The zero-order chi connectivity index (χ0) is 24.5. The van der Waals surface area contributed by atoms with Gasteiger partial charge in [0.25, 0.3) is 5.91 Å². The Morgan fingerprint density at radius 3 is 2.50 bits per heavy atom. The van der Waals surface area contributed by atoms with Crippen LogP contribution in [-0.2, 0) is 22.3 Å². The zero-order valence-electron chi connectivity index (χ0n) is 18.7. The van der Waals surface area contributed by atoms with E-state index in [0.29, 0.717) is 18.8 Å². The normalized spacial score (nSPS) is 24.9. The Morgan fingerprint density at radius 2 is 1.82 bits per heavy atom. The number of nitrogens with one attached hydrogen (secondary N) is 1. The van der Waals surface area contributed by atoms with Crippen LogP contribution in [0.15, 0.2) is 48.5 Å². The first kappa shape index (κ1) is 24.2. The summed E-state index contributed by atoms with van der Waals surface area (Å²) >= 11 is 0. The molecule has 4 rings (SSSR count). The summed E-state index contributed by atoms with van der Waals surface area (Å²) in [5, 5.41) is 2.63. The van der Waals surface area contributed by atoms with Gasteiger partial charge in [-0.1, -0.05) is 31.2 Å². The number of rotatable bonds is 4. The predicted octanol–water partition coefficient (Wildman–Crippen LogP) is 4.91. The Kier molecular flexibility index (Phi) is 6.66. The molecule has 1 heterocycles. The number of amides is 2. The molecule has 0 radical (unpaired) electrons. The fraction of sp³-hybridized carbons (Fsp3) is 0.440. The molecule has 1 saturated heterocycles.